The van der Waals surface area contributed by atoms with Crippen LogP contribution in [-0.4, -0.2) is 52.2 Å². The number of hydrogen-bond acceptors (Lipinski definition) is 5. The fraction of sp³-hybridized carbons (Fsp3) is 0.462. The highest BCUT2D eigenvalue weighted by Gasteiger charge is 2.13. The minimum Gasteiger partial charge on any atom is -0.460 e. The Balaban J connectivity index is 2.53. The van der Waals surface area contributed by atoms with E-state index >= 15 is 0 Å². The minimum absolute atomic E-state index is 0.146. The maximum atomic E-state index is 11.4. The van der Waals surface area contributed by atoms with Gasteiger partial charge in [-0.05, 0) is 18.2 Å². The Morgan fingerprint density at radius 3 is 2.81 bits per heavy atom. The van der Waals surface area contributed by atoms with E-state index in [1.165, 1.54) is 23.5 Å². The van der Waals surface area contributed by atoms with Crippen LogP contribution in [-0.2, 0) is 26.1 Å². The molecule has 0 radical (unpaired) electrons. The van der Waals surface area contributed by atoms with Gasteiger partial charge < -0.3 is 14.5 Å². The van der Waals surface area contributed by atoms with Crippen molar-refractivity contribution in [1.82, 2.24) is 9.62 Å². The molecule has 0 saturated heterocycles. The van der Waals surface area contributed by atoms with E-state index in [1.54, 1.807) is 19.2 Å². The molecule has 0 spiro atoms. The first-order chi connectivity index (χ1) is 9.82. The van der Waals surface area contributed by atoms with Crippen LogP contribution in [0.3, 0.4) is 0 Å². The molecule has 0 aliphatic carbocycles. The lowest BCUT2D eigenvalue weighted by atomic mass is 10.3. The van der Waals surface area contributed by atoms with Crippen LogP contribution in [0.25, 0.3) is 6.08 Å². The normalized spacial score (nSPS) is 12.2. The lowest BCUT2D eigenvalue weighted by molar-refractivity contribution is -0.116. The summed E-state index contributed by atoms with van der Waals surface area (Å²) >= 11 is 0. The first-order valence-corrected chi connectivity index (χ1v) is 8.12. The Bertz CT molecular complexity index is 591. The molecule has 1 aromatic rings. The number of hydrogen-bond donors (Lipinski definition) is 1. The van der Waals surface area contributed by atoms with Crippen LogP contribution >= 0.6 is 0 Å². The smallest absolute Gasteiger partial charge is 0.244 e. The fourth-order valence-corrected chi connectivity index (χ4v) is 1.76. The summed E-state index contributed by atoms with van der Waals surface area (Å²) in [5.74, 6) is 0.731. The molecular weight excluding hydrogens is 296 g/mol. The standard InChI is InChI=1S/C13H20N2O5S/c1-15(21(3,17)18)10-12-5-4-11(20-12)6-7-13(16)14-8-9-19-2/h4-7H,8-10H2,1-3H3,(H,14,16)/b7-6+. The summed E-state index contributed by atoms with van der Waals surface area (Å²) in [5, 5.41) is 2.63. The van der Waals surface area contributed by atoms with Gasteiger partial charge >= 0.3 is 0 Å². The third kappa shape index (κ3) is 6.56. The summed E-state index contributed by atoms with van der Waals surface area (Å²) in [6.07, 6.45) is 3.99. The van der Waals surface area contributed by atoms with Crippen molar-refractivity contribution in [3.63, 3.8) is 0 Å². The molecule has 1 rings (SSSR count). The van der Waals surface area contributed by atoms with E-state index in [-0.39, 0.29) is 12.5 Å². The predicted molar refractivity (Wildman–Crippen MR) is 78.9 cm³/mol. The molecule has 0 atom stereocenters. The zero-order valence-corrected chi connectivity index (χ0v) is 13.1. The SMILES string of the molecule is COCCNC(=O)/C=C/c1ccc(CN(C)S(C)(=O)=O)o1. The van der Waals surface area contributed by atoms with Crippen molar-refractivity contribution in [2.24, 2.45) is 0 Å². The minimum atomic E-state index is -3.25. The summed E-state index contributed by atoms with van der Waals surface area (Å²) in [6.45, 7) is 1.03. The van der Waals surface area contributed by atoms with Gasteiger partial charge in [0.2, 0.25) is 15.9 Å². The second kappa shape index (κ2) is 7.96. The monoisotopic (exact) mass is 316 g/mol. The first-order valence-electron chi connectivity index (χ1n) is 6.28. The Labute approximate surface area is 124 Å². The summed E-state index contributed by atoms with van der Waals surface area (Å²) in [7, 11) is -0.227. The van der Waals surface area contributed by atoms with Gasteiger partial charge in [-0.1, -0.05) is 0 Å². The summed E-state index contributed by atoms with van der Waals surface area (Å²) in [4.78, 5) is 11.4. The maximum absolute atomic E-state index is 11.4. The molecule has 21 heavy (non-hydrogen) atoms. The van der Waals surface area contributed by atoms with Gasteiger partial charge in [-0.15, -0.1) is 0 Å². The Morgan fingerprint density at radius 2 is 2.19 bits per heavy atom. The Hall–Kier alpha value is -1.64. The topological polar surface area (TPSA) is 88.9 Å². The van der Waals surface area contributed by atoms with E-state index in [2.05, 4.69) is 5.32 Å². The summed E-state index contributed by atoms with van der Waals surface area (Å²) in [6, 6.07) is 3.34. The second-order valence-corrected chi connectivity index (χ2v) is 6.53. The number of nitrogens with zero attached hydrogens (tertiary/aromatic N) is 1. The van der Waals surface area contributed by atoms with E-state index in [1.807, 2.05) is 0 Å². The molecule has 1 aromatic heterocycles. The Morgan fingerprint density at radius 1 is 1.48 bits per heavy atom. The molecule has 0 fully saturated rings. The van der Waals surface area contributed by atoms with Crippen LogP contribution in [0, 0.1) is 0 Å². The van der Waals surface area contributed by atoms with Gasteiger partial charge in [0.1, 0.15) is 11.5 Å². The first kappa shape index (κ1) is 17.4. The molecule has 0 aliphatic heterocycles. The zero-order valence-electron chi connectivity index (χ0n) is 12.3. The molecule has 0 aromatic carbocycles. The number of ether oxygens (including phenoxy) is 1. The van der Waals surface area contributed by atoms with Gasteiger partial charge in [-0.2, -0.15) is 4.31 Å². The number of rotatable bonds is 8. The van der Waals surface area contributed by atoms with Gasteiger partial charge in [0.05, 0.1) is 19.4 Å². The third-order valence-corrected chi connectivity index (χ3v) is 3.89. The van der Waals surface area contributed by atoms with Crippen LogP contribution in [0.1, 0.15) is 11.5 Å². The number of carbonyl (C=O) groups excluding carboxylic acids is 1. The zero-order chi connectivity index (χ0) is 15.9. The van der Waals surface area contributed by atoms with E-state index in [0.717, 1.165) is 6.26 Å². The van der Waals surface area contributed by atoms with Crippen molar-refractivity contribution in [3.05, 3.63) is 29.7 Å². The molecule has 0 unspecified atom stereocenters. The van der Waals surface area contributed by atoms with E-state index in [9.17, 15) is 13.2 Å². The quantitative estimate of drug-likeness (QED) is 0.555. The second-order valence-electron chi connectivity index (χ2n) is 4.44. The van der Waals surface area contributed by atoms with Crippen LogP contribution in [0.15, 0.2) is 22.6 Å². The Kier molecular flexibility index (Phi) is 6.60. The molecular formula is C13H20N2O5S. The molecule has 0 saturated carbocycles. The van der Waals surface area contributed by atoms with Gasteiger partial charge in [-0.3, -0.25) is 4.79 Å². The van der Waals surface area contributed by atoms with Crippen LogP contribution in [0.4, 0.5) is 0 Å². The van der Waals surface area contributed by atoms with Crippen LogP contribution in [0.2, 0.25) is 0 Å². The van der Waals surface area contributed by atoms with Gasteiger partial charge in [0.25, 0.3) is 0 Å². The van der Waals surface area contributed by atoms with Crippen LogP contribution in [0.5, 0.6) is 0 Å². The molecule has 8 heteroatoms. The summed E-state index contributed by atoms with van der Waals surface area (Å²) in [5.41, 5.74) is 0. The molecule has 1 heterocycles. The van der Waals surface area contributed by atoms with Crippen LogP contribution < -0.4 is 5.32 Å². The van der Waals surface area contributed by atoms with Crippen molar-refractivity contribution in [2.75, 3.05) is 33.6 Å². The number of sulfonamides is 1. The van der Waals surface area contributed by atoms with E-state index in [0.29, 0.717) is 24.7 Å². The fourth-order valence-electron chi connectivity index (χ4n) is 1.40. The molecule has 7 nitrogen and oxygen atoms in total. The van der Waals surface area contributed by atoms with E-state index in [4.69, 9.17) is 9.15 Å². The highest BCUT2D eigenvalue weighted by molar-refractivity contribution is 7.88. The number of furan rings is 1. The molecule has 1 N–H and O–H groups in total. The van der Waals surface area contributed by atoms with Gasteiger partial charge in [0.15, 0.2) is 0 Å². The lowest BCUT2D eigenvalue weighted by Gasteiger charge is -2.11. The molecule has 118 valence electrons. The van der Waals surface area contributed by atoms with Crippen molar-refractivity contribution in [2.45, 2.75) is 6.54 Å². The highest BCUT2D eigenvalue weighted by atomic mass is 32.2. The van der Waals surface area contributed by atoms with Gasteiger partial charge in [-0.25, -0.2) is 8.42 Å². The van der Waals surface area contributed by atoms with Crippen molar-refractivity contribution >= 4 is 22.0 Å². The predicted octanol–water partition coefficient (Wildman–Crippen LogP) is 0.447. The number of carbonyl (C=O) groups is 1. The van der Waals surface area contributed by atoms with Crippen molar-refractivity contribution in [1.29, 1.82) is 0 Å². The maximum Gasteiger partial charge on any atom is 0.244 e. The third-order valence-electron chi connectivity index (χ3n) is 2.63. The largest absolute Gasteiger partial charge is 0.460 e. The molecule has 0 bridgehead atoms. The number of nitrogens with one attached hydrogen (secondary N) is 1. The summed E-state index contributed by atoms with van der Waals surface area (Å²) < 4.78 is 34.0. The highest BCUT2D eigenvalue weighted by Crippen LogP contribution is 2.12. The molecule has 0 aliphatic rings. The molecule has 1 amide bonds. The average molecular weight is 316 g/mol. The average Bonchev–Trinajstić information content (AvgIpc) is 2.83. The van der Waals surface area contributed by atoms with Crippen molar-refractivity contribution in [3.8, 4) is 0 Å². The number of methoxy groups -OCH3 is 1. The van der Waals surface area contributed by atoms with Gasteiger partial charge in [0, 0.05) is 26.8 Å². The van der Waals surface area contributed by atoms with E-state index < -0.39 is 10.0 Å². The number of amides is 1. The lowest BCUT2D eigenvalue weighted by Crippen LogP contribution is -2.24. The van der Waals surface area contributed by atoms with Crippen molar-refractivity contribution < 1.29 is 22.4 Å².